The van der Waals surface area contributed by atoms with Gasteiger partial charge in [-0.3, -0.25) is 0 Å². The monoisotopic (exact) mass is 230 g/mol. The third-order valence-electron chi connectivity index (χ3n) is 2.96. The van der Waals surface area contributed by atoms with Gasteiger partial charge in [0.25, 0.3) is 0 Å². The largest absolute Gasteiger partial charge is 0.446 e. The summed E-state index contributed by atoms with van der Waals surface area (Å²) in [7, 11) is 0. The lowest BCUT2D eigenvalue weighted by Crippen LogP contribution is -2.40. The molecule has 2 saturated heterocycles. The Kier molecular flexibility index (Phi) is 3.63. The summed E-state index contributed by atoms with van der Waals surface area (Å²) in [5.41, 5.74) is 0. The van der Waals surface area contributed by atoms with E-state index in [1.165, 1.54) is 5.01 Å². The second-order valence-electron chi connectivity index (χ2n) is 4.39. The number of carbonyl (C=O) groups is 1. The Morgan fingerprint density at radius 2 is 2.12 bits per heavy atom. The summed E-state index contributed by atoms with van der Waals surface area (Å²) in [6, 6.07) is -0.0242. The minimum atomic E-state index is -0.439. The van der Waals surface area contributed by atoms with Crippen molar-refractivity contribution in [1.29, 1.82) is 0 Å². The maximum atomic E-state index is 11.0. The van der Waals surface area contributed by atoms with E-state index in [1.807, 2.05) is 0 Å². The number of amides is 1. The second-order valence-corrected chi connectivity index (χ2v) is 4.39. The van der Waals surface area contributed by atoms with Crippen LogP contribution in [0.1, 0.15) is 19.8 Å². The minimum Gasteiger partial charge on any atom is -0.446 e. The van der Waals surface area contributed by atoms with Gasteiger partial charge in [-0.25, -0.2) is 15.6 Å². The maximum absolute atomic E-state index is 11.0. The molecule has 2 atom stereocenters. The molecule has 0 radical (unpaired) electrons. The third kappa shape index (κ3) is 2.63. The van der Waals surface area contributed by atoms with Crippen molar-refractivity contribution >= 4 is 6.09 Å². The Bertz CT molecular complexity index is 255. The summed E-state index contributed by atoms with van der Waals surface area (Å²) >= 11 is 0. The van der Waals surface area contributed by atoms with Crippen LogP contribution in [0, 0.1) is 5.92 Å². The fourth-order valence-electron chi connectivity index (χ4n) is 2.09. The highest BCUT2D eigenvalue weighted by Crippen LogP contribution is 2.22. The molecule has 2 aliphatic heterocycles. The molecule has 2 heterocycles. The number of nitrogens with zero attached hydrogens (tertiary/aromatic N) is 1. The van der Waals surface area contributed by atoms with E-state index >= 15 is 0 Å². The van der Waals surface area contributed by atoms with Crippen LogP contribution in [-0.4, -0.2) is 43.3 Å². The third-order valence-corrected chi connectivity index (χ3v) is 2.96. The van der Waals surface area contributed by atoms with Crippen molar-refractivity contribution in [3.05, 3.63) is 0 Å². The molecule has 0 saturated carbocycles. The number of rotatable bonds is 4. The summed E-state index contributed by atoms with van der Waals surface area (Å²) in [5.74, 6) is 5.96. The van der Waals surface area contributed by atoms with Crippen LogP contribution in [-0.2, 0) is 14.2 Å². The molecule has 2 N–H and O–H groups in total. The Balaban J connectivity index is 1.74. The molecule has 0 bridgehead atoms. The van der Waals surface area contributed by atoms with Crippen molar-refractivity contribution in [1.82, 2.24) is 5.01 Å². The number of hydrogen-bond acceptors (Lipinski definition) is 5. The van der Waals surface area contributed by atoms with Crippen LogP contribution < -0.4 is 5.84 Å². The first-order valence-corrected chi connectivity index (χ1v) is 5.60. The van der Waals surface area contributed by atoms with Crippen LogP contribution in [0.2, 0.25) is 0 Å². The summed E-state index contributed by atoms with van der Waals surface area (Å²) in [6.07, 6.45) is 1.11. The van der Waals surface area contributed by atoms with Gasteiger partial charge in [0.05, 0.1) is 19.3 Å². The number of hydrogen-bond donors (Lipinski definition) is 1. The maximum Gasteiger partial charge on any atom is 0.424 e. The summed E-state index contributed by atoms with van der Waals surface area (Å²) in [5, 5.41) is 1.17. The number of cyclic esters (lactones) is 1. The highest BCUT2D eigenvalue weighted by molar-refractivity contribution is 5.69. The molecule has 0 aromatic rings. The van der Waals surface area contributed by atoms with E-state index in [-0.39, 0.29) is 12.3 Å². The molecule has 0 aliphatic carbocycles. The van der Waals surface area contributed by atoms with Crippen LogP contribution in [0.3, 0.4) is 0 Å². The van der Waals surface area contributed by atoms with Crippen molar-refractivity contribution in [2.45, 2.75) is 32.1 Å². The van der Waals surface area contributed by atoms with Gasteiger partial charge in [-0.15, -0.1) is 0 Å². The molecule has 0 unspecified atom stereocenters. The van der Waals surface area contributed by atoms with Gasteiger partial charge >= 0.3 is 6.09 Å². The Morgan fingerprint density at radius 3 is 2.69 bits per heavy atom. The number of carbonyl (C=O) groups excluding carboxylic acids is 1. The van der Waals surface area contributed by atoms with E-state index in [0.29, 0.717) is 25.7 Å². The zero-order valence-corrected chi connectivity index (χ0v) is 9.43. The zero-order valence-electron chi connectivity index (χ0n) is 9.43. The average molecular weight is 230 g/mol. The summed E-state index contributed by atoms with van der Waals surface area (Å²) in [4.78, 5) is 11.0. The molecule has 6 nitrogen and oxygen atoms in total. The molecule has 6 heteroatoms. The van der Waals surface area contributed by atoms with Crippen molar-refractivity contribution in [3.8, 4) is 0 Å². The van der Waals surface area contributed by atoms with E-state index in [2.05, 4.69) is 6.92 Å². The van der Waals surface area contributed by atoms with E-state index in [9.17, 15) is 4.79 Å². The average Bonchev–Trinajstić information content (AvgIpc) is 2.83. The summed E-state index contributed by atoms with van der Waals surface area (Å²) in [6.45, 7) is 3.82. The topological polar surface area (TPSA) is 74.0 Å². The Morgan fingerprint density at radius 1 is 1.44 bits per heavy atom. The van der Waals surface area contributed by atoms with Crippen molar-refractivity contribution in [2.24, 2.45) is 11.8 Å². The molecule has 0 aromatic heterocycles. The minimum absolute atomic E-state index is 0.0242. The molecule has 2 aliphatic rings. The Hall–Kier alpha value is -0.850. The van der Waals surface area contributed by atoms with Gasteiger partial charge in [-0.1, -0.05) is 6.92 Å². The van der Waals surface area contributed by atoms with Crippen molar-refractivity contribution in [3.63, 3.8) is 0 Å². The van der Waals surface area contributed by atoms with Gasteiger partial charge in [-0.2, -0.15) is 0 Å². The fourth-order valence-corrected chi connectivity index (χ4v) is 2.09. The summed E-state index contributed by atoms with van der Waals surface area (Å²) < 4.78 is 15.6. The van der Waals surface area contributed by atoms with E-state index in [4.69, 9.17) is 20.1 Å². The van der Waals surface area contributed by atoms with Gasteiger partial charge in [-0.05, 0) is 12.3 Å². The number of ether oxygens (including phenoxy) is 3. The molecule has 92 valence electrons. The lowest BCUT2D eigenvalue weighted by Gasteiger charge is -2.21. The lowest BCUT2D eigenvalue weighted by molar-refractivity contribution is -0.0571. The van der Waals surface area contributed by atoms with E-state index in [1.54, 1.807) is 0 Å². The quantitative estimate of drug-likeness (QED) is 0.561. The van der Waals surface area contributed by atoms with Gasteiger partial charge in [0.15, 0.2) is 6.29 Å². The molecule has 1 amide bonds. The predicted octanol–water partition coefficient (Wildman–Crippen LogP) is 0.470. The van der Waals surface area contributed by atoms with Crippen LogP contribution in [0.4, 0.5) is 4.79 Å². The van der Waals surface area contributed by atoms with E-state index in [0.717, 1.165) is 12.8 Å². The molecule has 0 aromatic carbocycles. The molecule has 0 spiro atoms. The molecular formula is C10H18N2O4. The second kappa shape index (κ2) is 4.99. The van der Waals surface area contributed by atoms with Gasteiger partial charge in [0.1, 0.15) is 6.61 Å². The SMILES string of the molecule is C[C@@H](CC1OCCO1)C[C@@H]1COC(=O)N1N. The standard InChI is InChI=1S/C10H18N2O4/c1-7(5-9-14-2-3-15-9)4-8-6-16-10(13)12(8)11/h7-9H,2-6,11H2,1H3/t7-,8-/m1/s1. The highest BCUT2D eigenvalue weighted by Gasteiger charge is 2.32. The zero-order chi connectivity index (χ0) is 11.5. The Labute approximate surface area is 94.6 Å². The molecular weight excluding hydrogens is 212 g/mol. The molecule has 16 heavy (non-hydrogen) atoms. The highest BCUT2D eigenvalue weighted by atomic mass is 16.7. The fraction of sp³-hybridized carbons (Fsp3) is 0.900. The normalized spacial score (nSPS) is 28.5. The van der Waals surface area contributed by atoms with Crippen LogP contribution in [0.5, 0.6) is 0 Å². The van der Waals surface area contributed by atoms with Gasteiger partial charge in [0, 0.05) is 6.42 Å². The first-order valence-electron chi connectivity index (χ1n) is 5.60. The molecule has 2 rings (SSSR count). The first-order chi connectivity index (χ1) is 7.66. The van der Waals surface area contributed by atoms with Crippen LogP contribution in [0.15, 0.2) is 0 Å². The smallest absolute Gasteiger partial charge is 0.424 e. The van der Waals surface area contributed by atoms with E-state index < -0.39 is 6.09 Å². The molecule has 2 fully saturated rings. The van der Waals surface area contributed by atoms with Crippen LogP contribution >= 0.6 is 0 Å². The van der Waals surface area contributed by atoms with Gasteiger partial charge in [0.2, 0.25) is 0 Å². The number of nitrogens with two attached hydrogens (primary N) is 1. The number of hydrazine groups is 1. The van der Waals surface area contributed by atoms with Crippen molar-refractivity contribution < 1.29 is 19.0 Å². The van der Waals surface area contributed by atoms with Crippen molar-refractivity contribution in [2.75, 3.05) is 19.8 Å². The lowest BCUT2D eigenvalue weighted by atomic mass is 9.98. The first kappa shape index (κ1) is 11.6. The van der Waals surface area contributed by atoms with Gasteiger partial charge < -0.3 is 14.2 Å². The predicted molar refractivity (Wildman–Crippen MR) is 55.3 cm³/mol. The van der Waals surface area contributed by atoms with Crippen LogP contribution in [0.25, 0.3) is 0 Å².